The smallest absolute Gasteiger partial charge is 0.0406 e. The minimum Gasteiger partial charge on any atom is -0.106 e. The standard InChI is InChI=1S/C57H42.C8H10.2C2H6.C2H4/c1-38-27-28-47(57-37-46-20-11-12-22-49(46)51-24-14-16-26-53(51)57)36-54(38)56(44-31-29-43(30-32-44)40(3)33-39(2)42-17-7-5-8-18-42)34-41(4)55-35-45-19-9-6-10-21-48(45)50-23-13-15-25-52(50)55;1-2-8-6-4-3-5-7-8;3*1-2/h5,7-9,11-15,17-20,22-25,27-29,31,33-37H,2,4,6,30,32H2,1,3H3;3-7H,2H2,1H3;2*1-2H3;1-2H2/b40-33+,56-34-;;;;. The normalized spacial score (nSPS) is 12.4. The predicted molar refractivity (Wildman–Crippen MR) is 315 cm³/mol. The molecule has 71 heavy (non-hydrogen) atoms. The summed E-state index contributed by atoms with van der Waals surface area (Å²) in [5.41, 5.74) is 17.7. The molecule has 0 atom stereocenters. The highest BCUT2D eigenvalue weighted by molar-refractivity contribution is 6.13. The molecule has 0 fully saturated rings. The molecule has 0 radical (unpaired) electrons. The van der Waals surface area contributed by atoms with E-state index in [0.717, 1.165) is 75.6 Å². The van der Waals surface area contributed by atoms with E-state index in [1.165, 1.54) is 65.9 Å². The van der Waals surface area contributed by atoms with Gasteiger partial charge in [-0.15, -0.1) is 13.2 Å². The zero-order valence-corrected chi connectivity index (χ0v) is 43.1. The molecule has 0 heterocycles. The van der Waals surface area contributed by atoms with E-state index in [9.17, 15) is 0 Å². The Hall–Kier alpha value is -8.16. The van der Waals surface area contributed by atoms with Crippen molar-refractivity contribution in [3.8, 4) is 23.0 Å². The Morgan fingerprint density at radius 3 is 1.97 bits per heavy atom. The molecule has 0 unspecified atom stereocenters. The van der Waals surface area contributed by atoms with Crippen LogP contribution in [0.15, 0.2) is 225 Å². The Morgan fingerprint density at radius 1 is 0.634 bits per heavy atom. The number of aryl methyl sites for hydroxylation is 2. The van der Waals surface area contributed by atoms with Crippen LogP contribution in [0.2, 0.25) is 0 Å². The summed E-state index contributed by atoms with van der Waals surface area (Å²) in [5.74, 6) is 6.77. The summed E-state index contributed by atoms with van der Waals surface area (Å²) < 4.78 is 0. The van der Waals surface area contributed by atoms with Crippen LogP contribution in [0.1, 0.15) is 99.7 Å². The Kier molecular flexibility index (Phi) is 19.1. The number of rotatable bonds is 9. The second-order valence-electron chi connectivity index (χ2n) is 16.9. The van der Waals surface area contributed by atoms with Crippen molar-refractivity contribution in [3.05, 3.63) is 276 Å². The summed E-state index contributed by atoms with van der Waals surface area (Å²) in [7, 11) is 0. The fourth-order valence-electron chi connectivity index (χ4n) is 9.14. The molecule has 0 N–H and O–H groups in total. The van der Waals surface area contributed by atoms with E-state index in [-0.39, 0.29) is 0 Å². The zero-order valence-electron chi connectivity index (χ0n) is 43.1. The van der Waals surface area contributed by atoms with Gasteiger partial charge in [0.05, 0.1) is 0 Å². The molecule has 8 aromatic rings. The molecule has 352 valence electrons. The van der Waals surface area contributed by atoms with E-state index >= 15 is 0 Å². The minimum atomic E-state index is 0.750. The lowest BCUT2D eigenvalue weighted by Gasteiger charge is -2.22. The first-order chi connectivity index (χ1) is 34.9. The highest BCUT2D eigenvalue weighted by Crippen LogP contribution is 2.41. The number of fused-ring (bicyclic) bond motifs is 6. The minimum absolute atomic E-state index is 0.750. The summed E-state index contributed by atoms with van der Waals surface area (Å²) in [4.78, 5) is 0. The first-order valence-electron chi connectivity index (χ1n) is 25.2. The van der Waals surface area contributed by atoms with Gasteiger partial charge >= 0.3 is 0 Å². The molecule has 2 aliphatic carbocycles. The second kappa shape index (κ2) is 26.0. The first kappa shape index (κ1) is 52.2. The van der Waals surface area contributed by atoms with Crippen molar-refractivity contribution in [1.29, 1.82) is 0 Å². The molecule has 8 aromatic carbocycles. The molecule has 0 aliphatic heterocycles. The van der Waals surface area contributed by atoms with Gasteiger partial charge in [-0.25, -0.2) is 0 Å². The van der Waals surface area contributed by atoms with Gasteiger partial charge in [-0.05, 0) is 174 Å². The Labute approximate surface area is 426 Å². The molecule has 10 rings (SSSR count). The largest absolute Gasteiger partial charge is 0.106 e. The Morgan fingerprint density at radius 2 is 1.28 bits per heavy atom. The van der Waals surface area contributed by atoms with Gasteiger partial charge in [-0.1, -0.05) is 223 Å². The maximum absolute atomic E-state index is 4.79. The maximum Gasteiger partial charge on any atom is 0.0406 e. The molecule has 0 spiro atoms. The Bertz CT molecular complexity index is 3370. The van der Waals surface area contributed by atoms with Gasteiger partial charge in [-0.2, -0.15) is 0 Å². The molecule has 0 heteroatoms. The van der Waals surface area contributed by atoms with E-state index in [1.54, 1.807) is 0 Å². The summed E-state index contributed by atoms with van der Waals surface area (Å²) in [6, 6.07) is 60.4. The number of hydrogen-bond donors (Lipinski definition) is 0. The van der Waals surface area contributed by atoms with Gasteiger partial charge in [0.1, 0.15) is 0 Å². The lowest BCUT2D eigenvalue weighted by atomic mass is 9.82. The number of allylic oxidation sites excluding steroid dienone is 11. The van der Waals surface area contributed by atoms with Crippen LogP contribution < -0.4 is 0 Å². The van der Waals surface area contributed by atoms with Crippen LogP contribution in [0.25, 0.3) is 66.2 Å². The molecule has 0 bridgehead atoms. The molecule has 0 saturated heterocycles. The molecule has 0 nitrogen and oxygen atoms in total. The number of hydrogen-bond acceptors (Lipinski definition) is 0. The Balaban J connectivity index is 0.000000523. The zero-order chi connectivity index (χ0) is 50.7. The van der Waals surface area contributed by atoms with Crippen molar-refractivity contribution in [2.75, 3.05) is 0 Å². The van der Waals surface area contributed by atoms with Gasteiger partial charge in [0, 0.05) is 17.4 Å². The molecular weight excluding hydrogens is 853 g/mol. The van der Waals surface area contributed by atoms with E-state index in [0.29, 0.717) is 0 Å². The molecular formula is C71H68. The molecule has 0 aromatic heterocycles. The lowest BCUT2D eigenvalue weighted by molar-refractivity contribution is 0.938. The average Bonchev–Trinajstić information content (AvgIpc) is 3.70. The van der Waals surface area contributed by atoms with Crippen LogP contribution in [0.4, 0.5) is 0 Å². The third-order valence-electron chi connectivity index (χ3n) is 12.7. The van der Waals surface area contributed by atoms with Gasteiger partial charge < -0.3 is 0 Å². The topological polar surface area (TPSA) is 0 Å². The summed E-state index contributed by atoms with van der Waals surface area (Å²) in [6.07, 6.45) is 17.3. The van der Waals surface area contributed by atoms with Crippen LogP contribution >= 0.6 is 0 Å². The third kappa shape index (κ3) is 12.4. The predicted octanol–water partition coefficient (Wildman–Crippen LogP) is 20.0. The average molecular weight is 921 g/mol. The van der Waals surface area contributed by atoms with Crippen molar-refractivity contribution < 1.29 is 0 Å². The summed E-state index contributed by atoms with van der Waals surface area (Å²) in [6.45, 7) is 29.8. The van der Waals surface area contributed by atoms with Crippen molar-refractivity contribution >= 4 is 55.1 Å². The fraction of sp³-hybridized carbons (Fsp3) is 0.155. The van der Waals surface area contributed by atoms with Crippen LogP contribution in [0, 0.1) is 30.9 Å². The molecule has 2 aliphatic rings. The highest BCUT2D eigenvalue weighted by atomic mass is 14.2. The summed E-state index contributed by atoms with van der Waals surface area (Å²) in [5, 5.41) is 7.04. The van der Waals surface area contributed by atoms with Crippen molar-refractivity contribution in [3.63, 3.8) is 0 Å². The summed E-state index contributed by atoms with van der Waals surface area (Å²) >= 11 is 0. The van der Waals surface area contributed by atoms with Crippen LogP contribution in [-0.4, -0.2) is 0 Å². The highest BCUT2D eigenvalue weighted by Gasteiger charge is 2.19. The first-order valence-corrected chi connectivity index (χ1v) is 25.2. The fourth-order valence-corrected chi connectivity index (χ4v) is 9.14. The van der Waals surface area contributed by atoms with Gasteiger partial charge in [0.15, 0.2) is 0 Å². The van der Waals surface area contributed by atoms with Crippen molar-refractivity contribution in [2.24, 2.45) is 0 Å². The van der Waals surface area contributed by atoms with Crippen molar-refractivity contribution in [2.45, 2.75) is 74.1 Å². The lowest BCUT2D eigenvalue weighted by Crippen LogP contribution is -2.01. The SMILES string of the molecule is C=C.C=C(/C=C(\C)C1=CC=C(/C(=C/C(=C)c2cc3c(c4ccccc24)C#CCC=C3)c2cc(-c3cc4ccccc4c4ccc#cc34)ccc2C)CC1)c1ccccc1.CC.CC.CCc1ccccc1. The van der Waals surface area contributed by atoms with E-state index in [1.807, 2.05) is 45.9 Å². The van der Waals surface area contributed by atoms with Crippen LogP contribution in [0.5, 0.6) is 0 Å². The van der Waals surface area contributed by atoms with Gasteiger partial charge in [0.2, 0.25) is 0 Å². The molecule has 0 saturated carbocycles. The second-order valence-corrected chi connectivity index (χ2v) is 16.9. The molecule has 0 amide bonds. The third-order valence-corrected chi connectivity index (χ3v) is 12.7. The van der Waals surface area contributed by atoms with Gasteiger partial charge in [-0.3, -0.25) is 0 Å². The van der Waals surface area contributed by atoms with Crippen LogP contribution in [-0.2, 0) is 6.42 Å². The number of benzene rings is 7. The monoisotopic (exact) mass is 921 g/mol. The van der Waals surface area contributed by atoms with Crippen LogP contribution in [0.3, 0.4) is 0 Å². The van der Waals surface area contributed by atoms with Crippen molar-refractivity contribution in [1.82, 2.24) is 0 Å². The van der Waals surface area contributed by atoms with E-state index in [2.05, 4.69) is 234 Å². The quantitative estimate of drug-likeness (QED) is 0.0769. The van der Waals surface area contributed by atoms with E-state index in [4.69, 9.17) is 6.58 Å². The maximum atomic E-state index is 4.79. The van der Waals surface area contributed by atoms with E-state index < -0.39 is 0 Å². The van der Waals surface area contributed by atoms with Gasteiger partial charge in [0.25, 0.3) is 0 Å².